The van der Waals surface area contributed by atoms with Crippen molar-refractivity contribution >= 4 is 104 Å². The summed E-state index contributed by atoms with van der Waals surface area (Å²) in [6, 6.07) is 0. The Hall–Kier alpha value is 2.35. The highest BCUT2D eigenvalue weighted by Crippen LogP contribution is 2.35. The molecule has 0 nitrogen and oxygen atoms in total. The van der Waals surface area contributed by atoms with Crippen LogP contribution in [0.2, 0.25) is 0 Å². The molecule has 0 aliphatic carbocycles. The zero-order valence-corrected chi connectivity index (χ0v) is 12.3. The van der Waals surface area contributed by atoms with Crippen LogP contribution in [-0.4, -0.2) is 8.63 Å². The fourth-order valence-electron chi connectivity index (χ4n) is 0. The summed E-state index contributed by atoms with van der Waals surface area (Å²) in [4.78, 5) is -0.961. The van der Waals surface area contributed by atoms with E-state index in [1.54, 1.807) is 0 Å². The van der Waals surface area contributed by atoms with Gasteiger partial charge in [0, 0.05) is 0 Å². The molecule has 0 aliphatic heterocycles. The standard InChI is InChI=1S/C2HCl5.C2Cl4/c3-1(4)2(5,6)7;3-1(4)2(5)6/h1H;. The summed E-state index contributed by atoms with van der Waals surface area (Å²) in [7, 11) is 0. The van der Waals surface area contributed by atoms with Crippen LogP contribution in [0.25, 0.3) is 0 Å². The van der Waals surface area contributed by atoms with E-state index in [0.717, 1.165) is 0 Å². The van der Waals surface area contributed by atoms with Crippen molar-refractivity contribution in [1.82, 2.24) is 0 Å². The van der Waals surface area contributed by atoms with Crippen molar-refractivity contribution in [3.05, 3.63) is 8.98 Å². The first-order valence-corrected chi connectivity index (χ1v) is 5.82. The summed E-state index contributed by atoms with van der Waals surface area (Å²) in [5.41, 5.74) is 0. The third-order valence-electron chi connectivity index (χ3n) is 0.390. The molecule has 0 saturated heterocycles. The average Bonchev–Trinajstić information content (AvgIpc) is 1.86. The van der Waals surface area contributed by atoms with Gasteiger partial charge in [-0.2, -0.15) is 0 Å². The van der Waals surface area contributed by atoms with Crippen molar-refractivity contribution < 1.29 is 0 Å². The topological polar surface area (TPSA) is 0 Å². The van der Waals surface area contributed by atoms with Gasteiger partial charge in [-0.15, -0.1) is 23.2 Å². The molecule has 0 fully saturated rings. The van der Waals surface area contributed by atoms with E-state index >= 15 is 0 Å². The molecule has 0 spiro atoms. The van der Waals surface area contributed by atoms with E-state index in [0.29, 0.717) is 0 Å². The van der Waals surface area contributed by atoms with Crippen molar-refractivity contribution in [3.8, 4) is 0 Å². The summed E-state index contributed by atoms with van der Waals surface area (Å²) in [6.45, 7) is 0. The maximum Gasteiger partial charge on any atom is 0.220 e. The maximum atomic E-state index is 5.14. The second-order valence-electron chi connectivity index (χ2n) is 1.36. The third kappa shape index (κ3) is 14.4. The van der Waals surface area contributed by atoms with Gasteiger partial charge < -0.3 is 0 Å². The predicted octanol–water partition coefficient (Wildman–Crippen LogP) is 6.23. The second kappa shape index (κ2) is 8.50. The van der Waals surface area contributed by atoms with E-state index in [1.165, 1.54) is 0 Å². The Kier molecular flexibility index (Phi) is 11.6. The quantitative estimate of drug-likeness (QED) is 0.445. The monoisotopic (exact) mass is 364 g/mol. The minimum Gasteiger partial charge on any atom is -0.101 e. The average molecular weight is 368 g/mol. The molecule has 0 amide bonds. The lowest BCUT2D eigenvalue weighted by Crippen LogP contribution is -2.11. The van der Waals surface area contributed by atoms with Crippen LogP contribution >= 0.6 is 104 Å². The predicted molar refractivity (Wildman–Crippen MR) is 66.2 cm³/mol. The molecule has 0 aromatic heterocycles. The summed E-state index contributed by atoms with van der Waals surface area (Å²) in [5, 5.41) is 0. The first kappa shape index (κ1) is 17.7. The van der Waals surface area contributed by atoms with Gasteiger partial charge >= 0.3 is 0 Å². The summed E-state index contributed by atoms with van der Waals surface area (Å²) < 4.78 is -1.75. The van der Waals surface area contributed by atoms with Gasteiger partial charge in [0.25, 0.3) is 0 Å². The number of alkyl halides is 5. The molecule has 0 aromatic carbocycles. The summed E-state index contributed by atoms with van der Waals surface area (Å²) in [5.74, 6) is 0. The molecule has 0 bridgehead atoms. The number of hydrogen-bond donors (Lipinski definition) is 0. The fourth-order valence-corrected chi connectivity index (χ4v) is 0. The molecule has 0 heterocycles. The third-order valence-corrected chi connectivity index (χ3v) is 3.51. The van der Waals surface area contributed by atoms with Gasteiger partial charge in [0.2, 0.25) is 3.79 Å². The van der Waals surface area contributed by atoms with Gasteiger partial charge in [-0.25, -0.2) is 0 Å². The Morgan fingerprint density at radius 2 is 0.923 bits per heavy atom. The molecular weight excluding hydrogens is 367 g/mol. The Bertz CT molecular complexity index is 147. The van der Waals surface area contributed by atoms with Crippen molar-refractivity contribution in [3.63, 3.8) is 0 Å². The molecule has 0 rings (SSSR count). The Morgan fingerprint density at radius 1 is 0.769 bits per heavy atom. The highest BCUT2D eigenvalue weighted by Gasteiger charge is 2.28. The first-order chi connectivity index (χ1) is 5.59. The molecule has 0 unspecified atom stereocenters. The number of rotatable bonds is 0. The van der Waals surface area contributed by atoms with Crippen LogP contribution < -0.4 is 0 Å². The van der Waals surface area contributed by atoms with Crippen LogP contribution in [0.4, 0.5) is 0 Å². The molecule has 9 heteroatoms. The van der Waals surface area contributed by atoms with E-state index in [1.807, 2.05) is 0 Å². The summed E-state index contributed by atoms with van der Waals surface area (Å²) in [6.07, 6.45) is 0. The van der Waals surface area contributed by atoms with Crippen LogP contribution in [0.15, 0.2) is 8.98 Å². The molecule has 80 valence electrons. The molecule has 0 saturated carbocycles. The van der Waals surface area contributed by atoms with E-state index in [2.05, 4.69) is 0 Å². The van der Waals surface area contributed by atoms with Gasteiger partial charge in [-0.05, 0) is 0 Å². The minimum absolute atomic E-state index is 0.0988. The van der Waals surface area contributed by atoms with Crippen LogP contribution in [0.5, 0.6) is 0 Å². The molecule has 0 aromatic rings. The Balaban J connectivity index is 0. The van der Waals surface area contributed by atoms with Crippen LogP contribution in [0.3, 0.4) is 0 Å². The zero-order valence-electron chi connectivity index (χ0n) is 5.48. The normalized spacial score (nSPS) is 10.6. The van der Waals surface area contributed by atoms with E-state index in [4.69, 9.17) is 104 Å². The maximum absolute atomic E-state index is 5.14. The SMILES string of the molecule is ClC(Cl)=C(Cl)Cl.ClC(Cl)C(Cl)(Cl)Cl. The van der Waals surface area contributed by atoms with E-state index < -0.39 is 8.63 Å². The molecule has 0 radical (unpaired) electrons. The van der Waals surface area contributed by atoms with Gasteiger partial charge in [-0.1, -0.05) is 81.2 Å². The minimum atomic E-state index is -1.55. The lowest BCUT2D eigenvalue weighted by molar-refractivity contribution is 1.19. The van der Waals surface area contributed by atoms with Crippen LogP contribution in [0, 0.1) is 0 Å². The van der Waals surface area contributed by atoms with Gasteiger partial charge in [-0.3, -0.25) is 0 Å². The van der Waals surface area contributed by atoms with Crippen molar-refractivity contribution in [2.75, 3.05) is 0 Å². The zero-order chi connectivity index (χ0) is 11.2. The van der Waals surface area contributed by atoms with E-state index in [9.17, 15) is 0 Å². The first-order valence-electron chi connectivity index (χ1n) is 2.30. The Labute approximate surface area is 121 Å². The molecule has 0 aliphatic rings. The lowest BCUT2D eigenvalue weighted by Gasteiger charge is -2.09. The number of hydrogen-bond acceptors (Lipinski definition) is 0. The summed E-state index contributed by atoms with van der Waals surface area (Å²) >= 11 is 45.6. The van der Waals surface area contributed by atoms with E-state index in [-0.39, 0.29) is 8.98 Å². The molecular formula is C4HCl9. The van der Waals surface area contributed by atoms with Crippen molar-refractivity contribution in [2.45, 2.75) is 8.63 Å². The molecule has 13 heavy (non-hydrogen) atoms. The lowest BCUT2D eigenvalue weighted by atomic mass is 10.9. The van der Waals surface area contributed by atoms with Gasteiger partial charge in [0.1, 0.15) is 8.98 Å². The highest BCUT2D eigenvalue weighted by atomic mass is 35.6. The highest BCUT2D eigenvalue weighted by molar-refractivity contribution is 6.74. The molecule has 0 atom stereocenters. The van der Waals surface area contributed by atoms with Crippen molar-refractivity contribution in [1.29, 1.82) is 0 Å². The van der Waals surface area contributed by atoms with Crippen LogP contribution in [-0.2, 0) is 0 Å². The molecule has 0 N–H and O–H groups in total. The van der Waals surface area contributed by atoms with Crippen LogP contribution in [0.1, 0.15) is 0 Å². The second-order valence-corrected chi connectivity index (χ2v) is 6.73. The number of halogens is 9. The van der Waals surface area contributed by atoms with Crippen molar-refractivity contribution in [2.24, 2.45) is 0 Å². The largest absolute Gasteiger partial charge is 0.220 e. The van der Waals surface area contributed by atoms with Gasteiger partial charge in [0.15, 0.2) is 4.84 Å². The Morgan fingerprint density at radius 3 is 0.923 bits per heavy atom. The fraction of sp³-hybridized carbons (Fsp3) is 0.500. The van der Waals surface area contributed by atoms with Gasteiger partial charge in [0.05, 0.1) is 0 Å². The smallest absolute Gasteiger partial charge is 0.101 e.